The molecule has 0 bridgehead atoms. The first-order valence-electron chi connectivity index (χ1n) is 10.6. The maximum Gasteiger partial charge on any atom is 0.270 e. The quantitative estimate of drug-likeness (QED) is 0.537. The van der Waals surface area contributed by atoms with Gasteiger partial charge in [-0.05, 0) is 70.0 Å². The minimum absolute atomic E-state index is 0.0380. The summed E-state index contributed by atoms with van der Waals surface area (Å²) in [5.41, 5.74) is 1.54. The number of amides is 1. The average Bonchev–Trinajstić information content (AvgIpc) is 3.41. The number of halogens is 1. The van der Waals surface area contributed by atoms with Gasteiger partial charge in [-0.3, -0.25) is 4.79 Å². The second kappa shape index (κ2) is 10.2. The zero-order valence-corrected chi connectivity index (χ0v) is 17.8. The van der Waals surface area contributed by atoms with Gasteiger partial charge in [0.15, 0.2) is 5.76 Å². The first kappa shape index (κ1) is 21.8. The number of hydrogen-bond donors (Lipinski definition) is 2. The van der Waals surface area contributed by atoms with E-state index >= 15 is 0 Å². The molecule has 0 saturated heterocycles. The Bertz CT molecular complexity index is 931. The van der Waals surface area contributed by atoms with Gasteiger partial charge in [0.2, 0.25) is 0 Å². The number of furan rings is 1. The molecule has 7 heteroatoms. The molecule has 6 nitrogen and oxygen atoms in total. The largest absolute Gasteiger partial charge is 0.463 e. The number of rotatable bonds is 10. The van der Waals surface area contributed by atoms with E-state index in [0.717, 1.165) is 32.5 Å². The van der Waals surface area contributed by atoms with Crippen LogP contribution < -0.4 is 10.2 Å². The number of benzene rings is 1. The molecule has 0 aliphatic rings. The van der Waals surface area contributed by atoms with Gasteiger partial charge in [-0.15, -0.1) is 0 Å². The number of carbonyl (C=O) groups excluding carboxylic acids is 1. The summed E-state index contributed by atoms with van der Waals surface area (Å²) in [5, 5.41) is 7.60. The van der Waals surface area contributed by atoms with E-state index in [0.29, 0.717) is 22.8 Å². The van der Waals surface area contributed by atoms with Crippen molar-refractivity contribution < 1.29 is 18.5 Å². The summed E-state index contributed by atoms with van der Waals surface area (Å²) >= 11 is 0. The monoisotopic (exact) mass is 413 g/mol. The summed E-state index contributed by atoms with van der Waals surface area (Å²) in [4.78, 5) is 14.6. The predicted molar refractivity (Wildman–Crippen MR) is 114 cm³/mol. The van der Waals surface area contributed by atoms with Crippen LogP contribution in [0.5, 0.6) is 0 Å². The fraction of sp³-hybridized carbons (Fsp3) is 0.391. The maximum atomic E-state index is 13.4. The Morgan fingerprint density at radius 1 is 1.23 bits per heavy atom. The van der Waals surface area contributed by atoms with Crippen molar-refractivity contribution in [2.75, 3.05) is 19.6 Å². The van der Waals surface area contributed by atoms with Crippen LogP contribution in [-0.4, -0.2) is 41.4 Å². The third-order valence-electron chi connectivity index (χ3n) is 5.33. The molecule has 0 spiro atoms. The summed E-state index contributed by atoms with van der Waals surface area (Å²) in [6.45, 7) is 9.73. The second-order valence-electron chi connectivity index (χ2n) is 7.50. The molecular formula is C23H30FN4O2+. The van der Waals surface area contributed by atoms with Gasteiger partial charge >= 0.3 is 0 Å². The van der Waals surface area contributed by atoms with E-state index in [1.54, 1.807) is 41.5 Å². The normalized spacial score (nSPS) is 12.3. The summed E-state index contributed by atoms with van der Waals surface area (Å²) in [5.74, 6) is 0.0135. The molecular weight excluding hydrogens is 383 g/mol. The number of nitrogens with one attached hydrogen (secondary N) is 2. The van der Waals surface area contributed by atoms with Crippen molar-refractivity contribution >= 4 is 5.91 Å². The fourth-order valence-electron chi connectivity index (χ4n) is 3.50. The number of aromatic nitrogens is 2. The van der Waals surface area contributed by atoms with Crippen molar-refractivity contribution in [1.82, 2.24) is 15.1 Å². The molecule has 0 unspecified atom stereocenters. The lowest BCUT2D eigenvalue weighted by atomic mass is 10.1. The predicted octanol–water partition coefficient (Wildman–Crippen LogP) is 3.09. The van der Waals surface area contributed by atoms with Crippen LogP contribution in [0.25, 0.3) is 17.1 Å². The Kier molecular flexibility index (Phi) is 7.41. The Balaban J connectivity index is 1.76. The molecule has 3 aromatic rings. The van der Waals surface area contributed by atoms with Crippen LogP contribution in [0.1, 0.15) is 44.1 Å². The Hall–Kier alpha value is -2.93. The highest BCUT2D eigenvalue weighted by Gasteiger charge is 2.20. The third-order valence-corrected chi connectivity index (χ3v) is 5.33. The lowest BCUT2D eigenvalue weighted by Crippen LogP contribution is -3.11. The molecule has 1 amide bonds. The van der Waals surface area contributed by atoms with Crippen molar-refractivity contribution in [3.8, 4) is 17.1 Å². The van der Waals surface area contributed by atoms with E-state index in [1.165, 1.54) is 16.8 Å². The van der Waals surface area contributed by atoms with E-state index in [-0.39, 0.29) is 17.8 Å². The van der Waals surface area contributed by atoms with E-state index in [2.05, 4.69) is 24.3 Å². The molecule has 0 aliphatic carbocycles. The molecule has 0 fully saturated rings. The average molecular weight is 414 g/mol. The van der Waals surface area contributed by atoms with Crippen LogP contribution in [0.4, 0.5) is 4.39 Å². The Labute approximate surface area is 176 Å². The number of hydrogen-bond acceptors (Lipinski definition) is 3. The first-order chi connectivity index (χ1) is 14.5. The van der Waals surface area contributed by atoms with Crippen LogP contribution in [0, 0.1) is 5.82 Å². The highest BCUT2D eigenvalue weighted by atomic mass is 19.1. The third kappa shape index (κ3) is 5.36. The molecule has 0 saturated carbocycles. The Morgan fingerprint density at radius 3 is 2.60 bits per heavy atom. The van der Waals surface area contributed by atoms with Gasteiger partial charge in [-0.2, -0.15) is 5.10 Å². The summed E-state index contributed by atoms with van der Waals surface area (Å²) < 4.78 is 20.3. The van der Waals surface area contributed by atoms with Gasteiger partial charge in [0.1, 0.15) is 17.2 Å². The molecule has 0 aliphatic heterocycles. The smallest absolute Gasteiger partial charge is 0.270 e. The zero-order chi connectivity index (χ0) is 21.5. The fourth-order valence-corrected chi connectivity index (χ4v) is 3.50. The first-order valence-corrected chi connectivity index (χ1v) is 10.6. The molecule has 30 heavy (non-hydrogen) atoms. The van der Waals surface area contributed by atoms with Crippen LogP contribution in [0.15, 0.2) is 53.1 Å². The molecule has 1 atom stereocenters. The van der Waals surface area contributed by atoms with Gasteiger partial charge in [0.05, 0.1) is 31.6 Å². The van der Waals surface area contributed by atoms with Crippen LogP contribution in [0.3, 0.4) is 0 Å². The lowest BCUT2D eigenvalue weighted by Gasteiger charge is -2.18. The summed E-state index contributed by atoms with van der Waals surface area (Å²) in [6, 6.07) is 11.2. The number of carbonyl (C=O) groups is 1. The van der Waals surface area contributed by atoms with Gasteiger partial charge < -0.3 is 14.6 Å². The van der Waals surface area contributed by atoms with Gasteiger partial charge in [-0.1, -0.05) is 0 Å². The molecule has 0 radical (unpaired) electrons. The minimum atomic E-state index is -0.341. The number of nitrogens with zero attached hydrogens (tertiary/aromatic N) is 2. The summed E-state index contributed by atoms with van der Waals surface area (Å²) in [6.07, 6.45) is 3.52. The lowest BCUT2D eigenvalue weighted by molar-refractivity contribution is -0.896. The van der Waals surface area contributed by atoms with Crippen molar-refractivity contribution in [3.63, 3.8) is 0 Å². The van der Waals surface area contributed by atoms with E-state index < -0.39 is 0 Å². The molecule has 3 rings (SSSR count). The van der Waals surface area contributed by atoms with E-state index in [1.807, 2.05) is 6.92 Å². The molecule has 2 heterocycles. The van der Waals surface area contributed by atoms with Crippen LogP contribution in [-0.2, 0) is 0 Å². The van der Waals surface area contributed by atoms with Crippen LogP contribution in [0.2, 0.25) is 0 Å². The van der Waals surface area contributed by atoms with Crippen molar-refractivity contribution in [3.05, 3.63) is 60.2 Å². The van der Waals surface area contributed by atoms with Gasteiger partial charge in [0.25, 0.3) is 5.91 Å². The van der Waals surface area contributed by atoms with Crippen LogP contribution >= 0.6 is 0 Å². The highest BCUT2D eigenvalue weighted by molar-refractivity contribution is 5.94. The number of quaternary nitrogens is 1. The minimum Gasteiger partial charge on any atom is -0.463 e. The van der Waals surface area contributed by atoms with Crippen molar-refractivity contribution in [1.29, 1.82) is 0 Å². The zero-order valence-electron chi connectivity index (χ0n) is 17.8. The highest BCUT2D eigenvalue weighted by Crippen LogP contribution is 2.22. The van der Waals surface area contributed by atoms with Crippen molar-refractivity contribution in [2.45, 2.75) is 39.7 Å². The second-order valence-corrected chi connectivity index (χ2v) is 7.50. The molecule has 2 N–H and O–H groups in total. The standard InChI is InChI=1S/C23H29FN4O2/c1-4-27(5-2)14-6-8-17(3)25-23(29)21-16-20(22-9-7-15-30-22)26-28(21)19-12-10-18(24)11-13-19/h7,9-13,15-17H,4-6,8,14H2,1-3H3,(H,25,29)/p+1/t17-/m1/s1. The Morgan fingerprint density at radius 2 is 1.97 bits per heavy atom. The maximum absolute atomic E-state index is 13.4. The van der Waals surface area contributed by atoms with Crippen molar-refractivity contribution in [2.24, 2.45) is 0 Å². The molecule has 160 valence electrons. The van der Waals surface area contributed by atoms with E-state index in [9.17, 15) is 9.18 Å². The topological polar surface area (TPSA) is 64.5 Å². The molecule has 1 aromatic carbocycles. The SMILES string of the molecule is CC[NH+](CC)CCC[C@@H](C)NC(=O)c1cc(-c2ccco2)nn1-c1ccc(F)cc1. The molecule has 2 aromatic heterocycles. The van der Waals surface area contributed by atoms with E-state index in [4.69, 9.17) is 4.42 Å². The summed E-state index contributed by atoms with van der Waals surface area (Å²) in [7, 11) is 0. The van der Waals surface area contributed by atoms with Gasteiger partial charge in [0, 0.05) is 12.1 Å². The van der Waals surface area contributed by atoms with Gasteiger partial charge in [-0.25, -0.2) is 9.07 Å².